The quantitative estimate of drug-likeness (QED) is 0.0266. The van der Waals surface area contributed by atoms with Crippen molar-refractivity contribution in [2.45, 2.75) is 224 Å². The van der Waals surface area contributed by atoms with Crippen LogP contribution in [0.15, 0.2) is 42.5 Å². The Morgan fingerprint density at radius 1 is 0.479 bits per heavy atom. The van der Waals surface area contributed by atoms with Crippen molar-refractivity contribution in [2.75, 3.05) is 68.3 Å². The number of nitrogens with zero attached hydrogens (tertiary/aromatic N) is 7. The lowest BCUT2D eigenvalue weighted by molar-refractivity contribution is -0.156. The average Bonchev–Trinajstić information content (AvgIpc) is 0.811. The topological polar surface area (TPSA) is 280 Å². The summed E-state index contributed by atoms with van der Waals surface area (Å²) in [5, 5.41) is 14.8. The molecule has 25 heteroatoms. The third-order valence-electron chi connectivity index (χ3n) is 17.7. The molecule has 0 aliphatic rings. The summed E-state index contributed by atoms with van der Waals surface area (Å²) in [4.78, 5) is 167. The zero-order valence-electron chi connectivity index (χ0n) is 62.8. The molecule has 0 spiro atoms. The molecule has 0 radical (unpaired) electrons. The van der Waals surface area contributed by atoms with Crippen LogP contribution < -0.4 is 26.6 Å². The summed E-state index contributed by atoms with van der Waals surface area (Å²) in [6, 6.07) is -1.57. The second-order valence-electron chi connectivity index (χ2n) is 28.4. The number of carbonyl (C=O) groups is 11. The van der Waals surface area contributed by atoms with Crippen LogP contribution in [0.4, 0.5) is 5.69 Å². The molecule has 0 saturated heterocycles. The van der Waals surface area contributed by atoms with Gasteiger partial charge in [-0.1, -0.05) is 134 Å². The van der Waals surface area contributed by atoms with Crippen molar-refractivity contribution in [3.63, 3.8) is 0 Å². The molecule has 12 atom stereocenters. The summed E-state index contributed by atoms with van der Waals surface area (Å²) < 4.78 is 4.75. The van der Waals surface area contributed by atoms with Gasteiger partial charge >= 0.3 is 5.97 Å². The summed E-state index contributed by atoms with van der Waals surface area (Å²) in [6.07, 6.45) is 5.57. The number of allylic oxidation sites excluding steroid dienone is 2. The van der Waals surface area contributed by atoms with Crippen LogP contribution >= 0.6 is 12.2 Å². The Labute approximate surface area is 580 Å². The standard InChI is InChI=1S/C71H122N12O12S/c1-27-29-33-47(15)48(16)60(64(88)75-52(28-2)66(90)77(19)40-57(84)95-26)83(25)70(94)59(46(13)14)82(24)68(92)56(39-44(9)10)80(22)67(91)55(38-43(7)8)79(21)65(89)50(18)73-61(85)49(17)72-62(86)53(36-41(3)4)78(20)69(93)58(45(11)12)76-63(87)54(37-42(5)6)81(23)71(96)74-51-34-31-30-32-35-51/h27,29-32,34-35,41-50,52-56,58-60H,28,33,36-40H2,1-26H3,(H,72,86)(H,73,85)(H,74,96)(H,75,88)(H,76,87)/b29-27+/t47-,48-,49+,50-,52+,53+,54+,55+,56+,58+,59+,60+/m1/s1. The maximum atomic E-state index is 15.2. The monoisotopic (exact) mass is 1370 g/mol. The number of carbonyl (C=O) groups excluding carboxylic acids is 11. The molecule has 0 aliphatic carbocycles. The zero-order chi connectivity index (χ0) is 74.1. The van der Waals surface area contributed by atoms with Gasteiger partial charge in [-0.3, -0.25) is 52.7 Å². The minimum atomic E-state index is -1.22. The van der Waals surface area contributed by atoms with Gasteiger partial charge in [0.05, 0.1) is 7.11 Å². The van der Waals surface area contributed by atoms with E-state index < -0.39 is 143 Å². The normalized spacial score (nSPS) is 15.4. The van der Waals surface area contributed by atoms with Gasteiger partial charge in [0, 0.05) is 55.0 Å². The number of amides is 10. The number of thiocarbonyl (C=S) groups is 1. The Kier molecular flexibility index (Phi) is 37.2. The molecule has 1 rings (SSSR count). The number of anilines is 1. The first kappa shape index (κ1) is 86.8. The molecule has 0 heterocycles. The van der Waals surface area contributed by atoms with E-state index in [0.717, 1.165) is 5.69 Å². The summed E-state index contributed by atoms with van der Waals surface area (Å²) in [5.41, 5.74) is 0.750. The number of ether oxygens (including phenoxy) is 1. The Bertz CT molecular complexity index is 2780. The van der Waals surface area contributed by atoms with Crippen molar-refractivity contribution >= 4 is 88.1 Å². The Morgan fingerprint density at radius 2 is 0.917 bits per heavy atom. The van der Waals surface area contributed by atoms with Gasteiger partial charge in [-0.25, -0.2) is 0 Å². The van der Waals surface area contributed by atoms with E-state index in [4.69, 9.17) is 17.0 Å². The van der Waals surface area contributed by atoms with Gasteiger partial charge < -0.3 is 65.6 Å². The van der Waals surface area contributed by atoms with Crippen LogP contribution in [0, 0.1) is 47.3 Å². The third-order valence-corrected chi connectivity index (χ3v) is 18.1. The van der Waals surface area contributed by atoms with E-state index in [-0.39, 0.29) is 61.8 Å². The number of esters is 1. The van der Waals surface area contributed by atoms with Crippen molar-refractivity contribution in [1.29, 1.82) is 0 Å². The largest absolute Gasteiger partial charge is 0.468 e. The van der Waals surface area contributed by atoms with E-state index in [2.05, 4.69) is 26.6 Å². The number of methoxy groups -OCH3 is 1. The SMILES string of the molecule is C/C=C/C[C@@H](C)[C@@H](C)[C@@H](C(=O)N[C@@H](CC)C(=O)N(C)CC(=O)OC)N(C)C(=O)[C@H](C(C)C)N(C)C(=O)[C@H](CC(C)C)N(C)C(=O)[C@H](CC(C)C)N(C)C(=O)[C@@H](C)NC(=O)[C@H](C)NC(=O)[C@H](CC(C)C)N(C)C(=O)[C@@H](NC(=O)[C@H](CC(C)C)N(C)C(=S)Nc1ccccc1)C(C)C. The summed E-state index contributed by atoms with van der Waals surface area (Å²) >= 11 is 5.73. The Hall–Kier alpha value is -7.18. The molecule has 5 N–H and O–H groups in total. The molecule has 24 nitrogen and oxygen atoms in total. The molecule has 0 aromatic heterocycles. The molecule has 0 fully saturated rings. The van der Waals surface area contributed by atoms with Crippen LogP contribution in [0.3, 0.4) is 0 Å². The number of likely N-dealkylation sites (N-methyl/N-ethyl adjacent to an activating group) is 7. The molecule has 0 aliphatic heterocycles. The van der Waals surface area contributed by atoms with Crippen molar-refractivity contribution in [2.24, 2.45) is 47.3 Å². The van der Waals surface area contributed by atoms with Crippen LogP contribution in [0.25, 0.3) is 0 Å². The fourth-order valence-electron chi connectivity index (χ4n) is 11.6. The second kappa shape index (κ2) is 41.2. The van der Waals surface area contributed by atoms with Gasteiger partial charge in [-0.05, 0) is 131 Å². The maximum absolute atomic E-state index is 15.2. The number of benzene rings is 1. The van der Waals surface area contributed by atoms with Crippen LogP contribution in [0.5, 0.6) is 0 Å². The van der Waals surface area contributed by atoms with Crippen molar-refractivity contribution in [3.05, 3.63) is 42.5 Å². The number of para-hydroxylation sites is 1. The van der Waals surface area contributed by atoms with Gasteiger partial charge in [-0.15, -0.1) is 0 Å². The molecular weight excluding hydrogens is 1240 g/mol. The Balaban J connectivity index is 3.58. The maximum Gasteiger partial charge on any atom is 0.325 e. The van der Waals surface area contributed by atoms with Crippen molar-refractivity contribution < 1.29 is 57.5 Å². The molecule has 10 amide bonds. The summed E-state index contributed by atoms with van der Waals surface area (Å²) in [5.74, 6) is -8.18. The summed E-state index contributed by atoms with van der Waals surface area (Å²) in [7, 11) is 11.8. The fraction of sp³-hybridized carbons (Fsp3) is 0.718. The first-order chi connectivity index (χ1) is 44.5. The van der Waals surface area contributed by atoms with Crippen molar-refractivity contribution in [1.82, 2.24) is 55.6 Å². The van der Waals surface area contributed by atoms with Gasteiger partial charge in [0.25, 0.3) is 0 Å². The number of hydrogen-bond donors (Lipinski definition) is 5. The smallest absolute Gasteiger partial charge is 0.325 e. The van der Waals surface area contributed by atoms with Gasteiger partial charge in [0.15, 0.2) is 5.11 Å². The minimum Gasteiger partial charge on any atom is -0.468 e. The van der Waals surface area contributed by atoms with Crippen LogP contribution in [-0.2, 0) is 57.5 Å². The van der Waals surface area contributed by atoms with Crippen molar-refractivity contribution in [3.8, 4) is 0 Å². The molecule has 0 unspecified atom stereocenters. The highest BCUT2D eigenvalue weighted by molar-refractivity contribution is 7.80. The zero-order valence-corrected chi connectivity index (χ0v) is 63.6. The van der Waals surface area contributed by atoms with E-state index in [1.165, 1.54) is 92.6 Å². The first-order valence-electron chi connectivity index (χ1n) is 34.1. The minimum absolute atomic E-state index is 0.0817. The number of nitrogens with one attached hydrogen (secondary N) is 5. The molecule has 0 saturated carbocycles. The molecular formula is C71H122N12O12S. The molecule has 544 valence electrons. The number of hydrogen-bond acceptors (Lipinski definition) is 13. The van der Waals surface area contributed by atoms with Crippen LogP contribution in [0.1, 0.15) is 163 Å². The molecule has 0 bridgehead atoms. The highest BCUT2D eigenvalue weighted by atomic mass is 32.1. The lowest BCUT2D eigenvalue weighted by Crippen LogP contribution is -2.62. The lowest BCUT2D eigenvalue weighted by atomic mass is 9.84. The van der Waals surface area contributed by atoms with E-state index in [0.29, 0.717) is 18.0 Å². The van der Waals surface area contributed by atoms with E-state index in [9.17, 15) is 38.4 Å². The van der Waals surface area contributed by atoms with E-state index in [1.807, 2.05) is 119 Å². The highest BCUT2D eigenvalue weighted by Gasteiger charge is 2.45. The first-order valence-corrected chi connectivity index (χ1v) is 34.5. The predicted octanol–water partition coefficient (Wildman–Crippen LogP) is 6.57. The van der Waals surface area contributed by atoms with Gasteiger partial charge in [-0.2, -0.15) is 0 Å². The highest BCUT2D eigenvalue weighted by Crippen LogP contribution is 2.28. The second-order valence-corrected chi connectivity index (χ2v) is 28.8. The Morgan fingerprint density at radius 3 is 1.38 bits per heavy atom. The lowest BCUT2D eigenvalue weighted by Gasteiger charge is -2.42. The van der Waals surface area contributed by atoms with E-state index >= 15 is 14.4 Å². The molecule has 96 heavy (non-hydrogen) atoms. The van der Waals surface area contributed by atoms with Gasteiger partial charge in [0.2, 0.25) is 59.1 Å². The average molecular weight is 1370 g/mol. The van der Waals surface area contributed by atoms with E-state index in [1.54, 1.807) is 46.6 Å². The summed E-state index contributed by atoms with van der Waals surface area (Å²) in [6.45, 7) is 32.5. The number of rotatable bonds is 38. The predicted molar refractivity (Wildman–Crippen MR) is 381 cm³/mol. The third kappa shape index (κ3) is 26.0. The molecule has 1 aromatic carbocycles. The van der Waals surface area contributed by atoms with Crippen LogP contribution in [-0.4, -0.2) is 228 Å². The van der Waals surface area contributed by atoms with Gasteiger partial charge in [0.1, 0.15) is 67.0 Å². The van der Waals surface area contributed by atoms with Crippen LogP contribution in [0.2, 0.25) is 0 Å². The molecule has 1 aromatic rings. The fourth-order valence-corrected chi connectivity index (χ4v) is 11.9.